The van der Waals surface area contributed by atoms with Crippen LogP contribution < -0.4 is 15.8 Å². The number of nitrogens with one attached hydrogen (secondary N) is 1. The number of carbonyl (C=O) groups excluding carboxylic acids is 1. The lowest BCUT2D eigenvalue weighted by molar-refractivity contribution is 0.102. The summed E-state index contributed by atoms with van der Waals surface area (Å²) in [4.78, 5) is 12.2. The van der Waals surface area contributed by atoms with Crippen LogP contribution >= 0.6 is 11.6 Å². The van der Waals surface area contributed by atoms with Gasteiger partial charge in [0.15, 0.2) is 5.82 Å². The summed E-state index contributed by atoms with van der Waals surface area (Å²) in [6.45, 7) is 0. The highest BCUT2D eigenvalue weighted by Crippen LogP contribution is 2.25. The maximum absolute atomic E-state index is 13.7. The van der Waals surface area contributed by atoms with Crippen LogP contribution in [-0.4, -0.2) is 13.0 Å². The molecule has 2 rings (SSSR count). The van der Waals surface area contributed by atoms with Crippen LogP contribution in [0.15, 0.2) is 36.4 Å². The van der Waals surface area contributed by atoms with Crippen LogP contribution in [0.1, 0.15) is 10.4 Å². The summed E-state index contributed by atoms with van der Waals surface area (Å²) in [6, 6.07) is 8.98. The van der Waals surface area contributed by atoms with E-state index >= 15 is 0 Å². The lowest BCUT2D eigenvalue weighted by Crippen LogP contribution is -2.14. The highest BCUT2D eigenvalue weighted by molar-refractivity contribution is 6.31. The van der Waals surface area contributed by atoms with Crippen LogP contribution in [0.25, 0.3) is 0 Å². The third-order valence-electron chi connectivity index (χ3n) is 2.67. The molecule has 0 aliphatic heterocycles. The smallest absolute Gasteiger partial charge is 0.259 e. The monoisotopic (exact) mass is 294 g/mol. The van der Waals surface area contributed by atoms with Gasteiger partial charge in [0, 0.05) is 5.69 Å². The minimum Gasteiger partial charge on any atom is -0.496 e. The first-order valence-electron chi connectivity index (χ1n) is 5.72. The van der Waals surface area contributed by atoms with Crippen molar-refractivity contribution in [2.45, 2.75) is 0 Å². The fourth-order valence-corrected chi connectivity index (χ4v) is 1.87. The van der Waals surface area contributed by atoms with Crippen molar-refractivity contribution >= 4 is 28.9 Å². The number of carbonyl (C=O) groups is 1. The Morgan fingerprint density at radius 3 is 2.80 bits per heavy atom. The second-order valence-electron chi connectivity index (χ2n) is 4.02. The Morgan fingerprint density at radius 1 is 1.35 bits per heavy atom. The minimum absolute atomic E-state index is 0.00743. The first kappa shape index (κ1) is 14.1. The number of halogens is 2. The van der Waals surface area contributed by atoms with E-state index in [4.69, 9.17) is 22.1 Å². The third kappa shape index (κ3) is 2.83. The SMILES string of the molecule is COc1ccc(N)cc1C(=O)Nc1cccc(Cl)c1F. The van der Waals surface area contributed by atoms with Gasteiger partial charge in [-0.05, 0) is 30.3 Å². The van der Waals surface area contributed by atoms with Gasteiger partial charge in [0.1, 0.15) is 5.75 Å². The van der Waals surface area contributed by atoms with Crippen LogP contribution in [0.5, 0.6) is 5.75 Å². The summed E-state index contributed by atoms with van der Waals surface area (Å²) >= 11 is 5.66. The fourth-order valence-electron chi connectivity index (χ4n) is 1.69. The molecule has 0 bridgehead atoms. The summed E-state index contributed by atoms with van der Waals surface area (Å²) in [7, 11) is 1.43. The van der Waals surface area contributed by atoms with E-state index in [0.29, 0.717) is 11.4 Å². The number of hydrogen-bond donors (Lipinski definition) is 2. The molecule has 3 N–H and O–H groups in total. The summed E-state index contributed by atoms with van der Waals surface area (Å²) < 4.78 is 18.8. The predicted octanol–water partition coefficient (Wildman–Crippen LogP) is 3.32. The Hall–Kier alpha value is -2.27. The second-order valence-corrected chi connectivity index (χ2v) is 4.42. The van der Waals surface area contributed by atoms with Crippen LogP contribution in [0.2, 0.25) is 5.02 Å². The predicted molar refractivity (Wildman–Crippen MR) is 76.8 cm³/mol. The molecule has 2 aromatic rings. The van der Waals surface area contributed by atoms with Gasteiger partial charge in [-0.25, -0.2) is 4.39 Å². The van der Waals surface area contributed by atoms with Gasteiger partial charge in [-0.15, -0.1) is 0 Å². The van der Waals surface area contributed by atoms with E-state index in [1.165, 1.54) is 31.4 Å². The zero-order valence-electron chi connectivity index (χ0n) is 10.6. The number of amides is 1. The molecule has 0 aromatic heterocycles. The van der Waals surface area contributed by atoms with Gasteiger partial charge in [0.05, 0.1) is 23.4 Å². The molecular formula is C14H12ClFN2O2. The molecule has 104 valence electrons. The normalized spacial score (nSPS) is 10.2. The van der Waals surface area contributed by atoms with Gasteiger partial charge in [-0.2, -0.15) is 0 Å². The molecule has 0 radical (unpaired) electrons. The van der Waals surface area contributed by atoms with E-state index in [9.17, 15) is 9.18 Å². The third-order valence-corrected chi connectivity index (χ3v) is 2.96. The summed E-state index contributed by atoms with van der Waals surface area (Å²) in [5, 5.41) is 2.37. The van der Waals surface area contributed by atoms with Crippen LogP contribution in [0.3, 0.4) is 0 Å². The van der Waals surface area contributed by atoms with Crippen LogP contribution in [-0.2, 0) is 0 Å². The number of anilines is 2. The molecule has 1 amide bonds. The molecule has 0 atom stereocenters. The van der Waals surface area contributed by atoms with E-state index < -0.39 is 11.7 Å². The maximum atomic E-state index is 13.7. The largest absolute Gasteiger partial charge is 0.496 e. The van der Waals surface area contributed by atoms with Crippen molar-refractivity contribution in [2.75, 3.05) is 18.2 Å². The zero-order valence-corrected chi connectivity index (χ0v) is 11.4. The van der Waals surface area contributed by atoms with Crippen molar-refractivity contribution in [3.05, 3.63) is 52.8 Å². The Morgan fingerprint density at radius 2 is 2.10 bits per heavy atom. The van der Waals surface area contributed by atoms with Crippen molar-refractivity contribution in [3.63, 3.8) is 0 Å². The number of nitrogens with two attached hydrogens (primary N) is 1. The van der Waals surface area contributed by atoms with Gasteiger partial charge in [0.2, 0.25) is 0 Å². The molecule has 6 heteroatoms. The van der Waals surface area contributed by atoms with Crippen molar-refractivity contribution in [2.24, 2.45) is 0 Å². The van der Waals surface area contributed by atoms with Gasteiger partial charge >= 0.3 is 0 Å². The lowest BCUT2D eigenvalue weighted by atomic mass is 10.1. The molecule has 20 heavy (non-hydrogen) atoms. The Balaban J connectivity index is 2.33. The van der Waals surface area contributed by atoms with Crippen molar-refractivity contribution < 1.29 is 13.9 Å². The van der Waals surface area contributed by atoms with E-state index in [1.54, 1.807) is 12.1 Å². The molecule has 0 saturated heterocycles. The molecule has 0 spiro atoms. The number of methoxy groups -OCH3 is 1. The average molecular weight is 295 g/mol. The second kappa shape index (κ2) is 5.79. The summed E-state index contributed by atoms with van der Waals surface area (Å²) in [5.41, 5.74) is 6.25. The highest BCUT2D eigenvalue weighted by Gasteiger charge is 2.15. The van der Waals surface area contributed by atoms with E-state index in [2.05, 4.69) is 5.32 Å². The maximum Gasteiger partial charge on any atom is 0.259 e. The van der Waals surface area contributed by atoms with Crippen molar-refractivity contribution in [1.29, 1.82) is 0 Å². The molecule has 4 nitrogen and oxygen atoms in total. The number of rotatable bonds is 3. The lowest BCUT2D eigenvalue weighted by Gasteiger charge is -2.11. The number of nitrogen functional groups attached to an aromatic ring is 1. The number of hydrogen-bond acceptors (Lipinski definition) is 3. The molecule has 0 saturated carbocycles. The molecule has 0 fully saturated rings. The van der Waals surface area contributed by atoms with Gasteiger partial charge in [-0.3, -0.25) is 4.79 Å². The van der Waals surface area contributed by atoms with Crippen molar-refractivity contribution in [1.82, 2.24) is 0 Å². The quantitative estimate of drug-likeness (QED) is 0.854. The molecule has 0 aliphatic rings. The van der Waals surface area contributed by atoms with E-state index in [1.807, 2.05) is 0 Å². The minimum atomic E-state index is -0.689. The highest BCUT2D eigenvalue weighted by atomic mass is 35.5. The Labute approximate surface area is 120 Å². The molecular weight excluding hydrogens is 283 g/mol. The Kier molecular flexibility index (Phi) is 4.10. The van der Waals surface area contributed by atoms with Gasteiger partial charge in [-0.1, -0.05) is 17.7 Å². The standard InChI is InChI=1S/C14H12ClFN2O2/c1-20-12-6-5-8(17)7-9(12)14(19)18-11-4-2-3-10(15)13(11)16/h2-7H,17H2,1H3,(H,18,19). The first-order valence-corrected chi connectivity index (χ1v) is 6.09. The van der Waals surface area contributed by atoms with E-state index in [0.717, 1.165) is 0 Å². The molecule has 2 aromatic carbocycles. The first-order chi connectivity index (χ1) is 9.52. The molecule has 0 aliphatic carbocycles. The summed E-state index contributed by atoms with van der Waals surface area (Å²) in [6.07, 6.45) is 0. The molecule has 0 heterocycles. The zero-order chi connectivity index (χ0) is 14.7. The topological polar surface area (TPSA) is 64.3 Å². The van der Waals surface area contributed by atoms with Gasteiger partial charge in [0.25, 0.3) is 5.91 Å². The average Bonchev–Trinajstić information content (AvgIpc) is 2.43. The van der Waals surface area contributed by atoms with Crippen LogP contribution in [0.4, 0.5) is 15.8 Å². The van der Waals surface area contributed by atoms with E-state index in [-0.39, 0.29) is 16.3 Å². The van der Waals surface area contributed by atoms with Crippen molar-refractivity contribution in [3.8, 4) is 5.75 Å². The summed E-state index contributed by atoms with van der Waals surface area (Å²) in [5.74, 6) is -0.875. The van der Waals surface area contributed by atoms with Gasteiger partial charge < -0.3 is 15.8 Å². The van der Waals surface area contributed by atoms with Crippen LogP contribution in [0, 0.1) is 5.82 Å². The fraction of sp³-hybridized carbons (Fsp3) is 0.0714. The molecule has 0 unspecified atom stereocenters. The number of ether oxygens (including phenoxy) is 1. The number of benzene rings is 2. The Bertz CT molecular complexity index is 662.